The number of urea groups is 1. The molecule has 0 spiro atoms. The highest BCUT2D eigenvalue weighted by molar-refractivity contribution is 5.74. The number of nitrogens with one attached hydrogen (secondary N) is 1. The molecule has 1 atom stereocenters. The lowest BCUT2D eigenvalue weighted by Gasteiger charge is -2.21. The molecule has 0 saturated carbocycles. The summed E-state index contributed by atoms with van der Waals surface area (Å²) in [6.07, 6.45) is 0.502. The van der Waals surface area contributed by atoms with Gasteiger partial charge in [-0.1, -0.05) is 12.1 Å². The van der Waals surface area contributed by atoms with Gasteiger partial charge in [-0.05, 0) is 31.0 Å². The van der Waals surface area contributed by atoms with Crippen molar-refractivity contribution in [3.05, 3.63) is 29.8 Å². The fraction of sp³-hybridized carbons (Fsp3) is 0.467. The first-order valence-electron chi connectivity index (χ1n) is 6.81. The largest absolute Gasteiger partial charge is 0.497 e. The van der Waals surface area contributed by atoms with Crippen molar-refractivity contribution in [2.75, 3.05) is 20.7 Å². The highest BCUT2D eigenvalue weighted by Gasteiger charge is 2.13. The molecule has 21 heavy (non-hydrogen) atoms. The van der Waals surface area contributed by atoms with E-state index in [1.54, 1.807) is 14.2 Å². The van der Waals surface area contributed by atoms with Gasteiger partial charge in [-0.3, -0.25) is 4.79 Å². The van der Waals surface area contributed by atoms with Crippen LogP contribution in [0, 0.1) is 0 Å². The molecule has 0 heterocycles. The molecule has 6 heteroatoms. The molecular weight excluding hydrogens is 272 g/mol. The first-order chi connectivity index (χ1) is 9.93. The van der Waals surface area contributed by atoms with Crippen molar-refractivity contribution in [3.8, 4) is 5.75 Å². The standard InChI is InChI=1S/C15H22N2O4/c1-11(12-6-8-13(21-3)9-7-12)16-15(20)17(2)10-4-5-14(18)19/h6-9,11H,4-5,10H2,1-3H3,(H,16,20)(H,18,19). The van der Waals surface area contributed by atoms with Gasteiger partial charge in [0.15, 0.2) is 0 Å². The molecule has 0 radical (unpaired) electrons. The second-order valence-corrected chi connectivity index (χ2v) is 4.86. The number of carboxylic acid groups (broad SMARTS) is 1. The van der Waals surface area contributed by atoms with Crippen LogP contribution < -0.4 is 10.1 Å². The number of aliphatic carboxylic acids is 1. The Morgan fingerprint density at radius 3 is 2.48 bits per heavy atom. The van der Waals surface area contributed by atoms with Gasteiger partial charge in [0.25, 0.3) is 0 Å². The van der Waals surface area contributed by atoms with Gasteiger partial charge in [0.2, 0.25) is 0 Å². The summed E-state index contributed by atoms with van der Waals surface area (Å²) >= 11 is 0. The second kappa shape index (κ2) is 8.14. The number of benzene rings is 1. The summed E-state index contributed by atoms with van der Waals surface area (Å²) in [4.78, 5) is 23.9. The smallest absolute Gasteiger partial charge is 0.317 e. The summed E-state index contributed by atoms with van der Waals surface area (Å²) in [6.45, 7) is 2.30. The predicted molar refractivity (Wildman–Crippen MR) is 79.4 cm³/mol. The third-order valence-corrected chi connectivity index (χ3v) is 3.19. The monoisotopic (exact) mass is 294 g/mol. The summed E-state index contributed by atoms with van der Waals surface area (Å²) in [5.41, 5.74) is 0.975. The predicted octanol–water partition coefficient (Wildman–Crippen LogP) is 2.26. The molecule has 0 saturated heterocycles. The van der Waals surface area contributed by atoms with E-state index in [0.29, 0.717) is 13.0 Å². The van der Waals surface area contributed by atoms with Crippen molar-refractivity contribution < 1.29 is 19.4 Å². The summed E-state index contributed by atoms with van der Waals surface area (Å²) in [7, 11) is 3.25. The molecule has 0 bridgehead atoms. The Bertz CT molecular complexity index is 473. The Morgan fingerprint density at radius 2 is 1.95 bits per heavy atom. The van der Waals surface area contributed by atoms with E-state index in [4.69, 9.17) is 9.84 Å². The molecule has 0 aromatic heterocycles. The number of hydrogen-bond acceptors (Lipinski definition) is 3. The minimum absolute atomic E-state index is 0.0612. The number of carboxylic acids is 1. The SMILES string of the molecule is COc1ccc(C(C)NC(=O)N(C)CCCC(=O)O)cc1. The van der Waals surface area contributed by atoms with Crippen LogP contribution in [-0.4, -0.2) is 42.7 Å². The van der Waals surface area contributed by atoms with Gasteiger partial charge in [-0.25, -0.2) is 4.79 Å². The van der Waals surface area contributed by atoms with Crippen LogP contribution in [0.5, 0.6) is 5.75 Å². The molecule has 0 fully saturated rings. The molecule has 1 rings (SSSR count). The molecule has 116 valence electrons. The van der Waals surface area contributed by atoms with Gasteiger partial charge >= 0.3 is 12.0 Å². The van der Waals surface area contributed by atoms with E-state index in [1.165, 1.54) is 4.90 Å². The second-order valence-electron chi connectivity index (χ2n) is 4.86. The van der Waals surface area contributed by atoms with Gasteiger partial charge in [0, 0.05) is 20.0 Å². The third-order valence-electron chi connectivity index (χ3n) is 3.19. The maximum Gasteiger partial charge on any atom is 0.317 e. The lowest BCUT2D eigenvalue weighted by Crippen LogP contribution is -2.39. The van der Waals surface area contributed by atoms with Crippen LogP contribution in [0.25, 0.3) is 0 Å². The quantitative estimate of drug-likeness (QED) is 0.808. The zero-order chi connectivity index (χ0) is 15.8. The average Bonchev–Trinajstić information content (AvgIpc) is 2.46. The molecule has 0 aliphatic rings. The highest BCUT2D eigenvalue weighted by Crippen LogP contribution is 2.17. The van der Waals surface area contributed by atoms with Crippen LogP contribution in [0.1, 0.15) is 31.4 Å². The number of carbonyl (C=O) groups is 2. The Hall–Kier alpha value is -2.24. The average molecular weight is 294 g/mol. The first kappa shape index (κ1) is 16.8. The molecular formula is C15H22N2O4. The van der Waals surface area contributed by atoms with Crippen molar-refractivity contribution in [1.29, 1.82) is 0 Å². The lowest BCUT2D eigenvalue weighted by atomic mass is 10.1. The molecule has 6 nitrogen and oxygen atoms in total. The Morgan fingerprint density at radius 1 is 1.33 bits per heavy atom. The molecule has 2 amide bonds. The van der Waals surface area contributed by atoms with E-state index in [-0.39, 0.29) is 18.5 Å². The topological polar surface area (TPSA) is 78.9 Å². The molecule has 0 aliphatic carbocycles. The minimum atomic E-state index is -0.851. The van der Waals surface area contributed by atoms with Crippen molar-refractivity contribution in [2.45, 2.75) is 25.8 Å². The van der Waals surface area contributed by atoms with Gasteiger partial charge in [-0.15, -0.1) is 0 Å². The zero-order valence-corrected chi connectivity index (χ0v) is 12.6. The molecule has 0 aliphatic heterocycles. The van der Waals surface area contributed by atoms with Crippen LogP contribution >= 0.6 is 0 Å². The van der Waals surface area contributed by atoms with E-state index in [2.05, 4.69) is 5.32 Å². The number of ether oxygens (including phenoxy) is 1. The van der Waals surface area contributed by atoms with Crippen molar-refractivity contribution in [3.63, 3.8) is 0 Å². The van der Waals surface area contributed by atoms with E-state index in [9.17, 15) is 9.59 Å². The minimum Gasteiger partial charge on any atom is -0.497 e. The van der Waals surface area contributed by atoms with E-state index < -0.39 is 5.97 Å². The van der Waals surface area contributed by atoms with Gasteiger partial charge in [-0.2, -0.15) is 0 Å². The Balaban J connectivity index is 2.46. The van der Waals surface area contributed by atoms with Gasteiger partial charge in [0.05, 0.1) is 13.2 Å². The Labute approximate surface area is 124 Å². The number of rotatable bonds is 7. The fourth-order valence-electron chi connectivity index (χ4n) is 1.84. The van der Waals surface area contributed by atoms with E-state index in [1.807, 2.05) is 31.2 Å². The summed E-state index contributed by atoms with van der Waals surface area (Å²) in [5, 5.41) is 11.4. The van der Waals surface area contributed by atoms with Crippen LogP contribution in [-0.2, 0) is 4.79 Å². The van der Waals surface area contributed by atoms with E-state index in [0.717, 1.165) is 11.3 Å². The van der Waals surface area contributed by atoms with Crippen LogP contribution in [0.3, 0.4) is 0 Å². The van der Waals surface area contributed by atoms with Gasteiger partial charge in [0.1, 0.15) is 5.75 Å². The number of hydrogen-bond donors (Lipinski definition) is 2. The Kier molecular flexibility index (Phi) is 6.52. The normalized spacial score (nSPS) is 11.6. The molecule has 1 aromatic rings. The number of nitrogens with zero attached hydrogens (tertiary/aromatic N) is 1. The van der Waals surface area contributed by atoms with Crippen LogP contribution in [0.4, 0.5) is 4.79 Å². The van der Waals surface area contributed by atoms with Gasteiger partial charge < -0.3 is 20.1 Å². The summed E-state index contributed by atoms with van der Waals surface area (Å²) < 4.78 is 5.09. The fourth-order valence-corrected chi connectivity index (χ4v) is 1.84. The van der Waals surface area contributed by atoms with E-state index >= 15 is 0 Å². The lowest BCUT2D eigenvalue weighted by molar-refractivity contribution is -0.137. The number of methoxy groups -OCH3 is 1. The number of amides is 2. The summed E-state index contributed by atoms with van der Waals surface area (Å²) in [6, 6.07) is 7.12. The van der Waals surface area contributed by atoms with Crippen molar-refractivity contribution in [2.24, 2.45) is 0 Å². The maximum absolute atomic E-state index is 12.0. The maximum atomic E-state index is 12.0. The number of carbonyl (C=O) groups excluding carboxylic acids is 1. The van der Waals surface area contributed by atoms with Crippen LogP contribution in [0.2, 0.25) is 0 Å². The third kappa shape index (κ3) is 5.72. The summed E-state index contributed by atoms with van der Waals surface area (Å²) in [5.74, 6) is -0.0847. The zero-order valence-electron chi connectivity index (χ0n) is 12.6. The van der Waals surface area contributed by atoms with Crippen molar-refractivity contribution >= 4 is 12.0 Å². The molecule has 2 N–H and O–H groups in total. The highest BCUT2D eigenvalue weighted by atomic mass is 16.5. The first-order valence-corrected chi connectivity index (χ1v) is 6.81. The van der Waals surface area contributed by atoms with Crippen LogP contribution in [0.15, 0.2) is 24.3 Å². The van der Waals surface area contributed by atoms with Crippen molar-refractivity contribution in [1.82, 2.24) is 10.2 Å². The molecule has 1 unspecified atom stereocenters. The molecule has 1 aromatic carbocycles.